The van der Waals surface area contributed by atoms with E-state index >= 15 is 0 Å². The van der Waals surface area contributed by atoms with Gasteiger partial charge in [-0.1, -0.05) is 60.7 Å². The Labute approximate surface area is 174 Å². The van der Waals surface area contributed by atoms with Crippen LogP contribution in [0.5, 0.6) is 5.75 Å². The number of rotatable bonds is 6. The predicted octanol–water partition coefficient (Wildman–Crippen LogP) is 5.10. The average molecular weight is 399 g/mol. The molecule has 0 saturated heterocycles. The van der Waals surface area contributed by atoms with Crippen LogP contribution in [0.15, 0.2) is 84.0 Å². The zero-order valence-electron chi connectivity index (χ0n) is 16.5. The second-order valence-corrected chi connectivity index (χ2v) is 6.62. The minimum Gasteiger partial charge on any atom is -0.497 e. The molecular formula is C24H21N3O3. The standard InChI is InChI=1S/C24H21N3O3/c1-29-19-13-11-17(12-14-19)16-30-24(28)27-25-15-21-20-9-5-6-10-22(20)26-23(21)18-7-3-2-4-8-18/h2-15,26H,16H2,1H3,(H,27,28)/b25-15-. The fourth-order valence-electron chi connectivity index (χ4n) is 3.18. The van der Waals surface area contributed by atoms with Crippen LogP contribution in [-0.2, 0) is 11.3 Å². The van der Waals surface area contributed by atoms with Crippen molar-refractivity contribution in [3.8, 4) is 17.0 Å². The summed E-state index contributed by atoms with van der Waals surface area (Å²) in [5.74, 6) is 0.751. The van der Waals surface area contributed by atoms with Gasteiger partial charge in [0.2, 0.25) is 0 Å². The van der Waals surface area contributed by atoms with E-state index in [0.717, 1.165) is 39.0 Å². The first-order valence-electron chi connectivity index (χ1n) is 9.49. The summed E-state index contributed by atoms with van der Waals surface area (Å²) in [7, 11) is 1.61. The fraction of sp³-hybridized carbons (Fsp3) is 0.0833. The molecule has 1 heterocycles. The predicted molar refractivity (Wildman–Crippen MR) is 118 cm³/mol. The lowest BCUT2D eigenvalue weighted by atomic mass is 10.1. The van der Waals surface area contributed by atoms with Crippen molar-refractivity contribution in [1.82, 2.24) is 10.4 Å². The van der Waals surface area contributed by atoms with E-state index in [2.05, 4.69) is 15.5 Å². The molecule has 4 rings (SSSR count). The molecule has 4 aromatic rings. The van der Waals surface area contributed by atoms with Crippen LogP contribution in [0.1, 0.15) is 11.1 Å². The molecule has 0 bridgehead atoms. The van der Waals surface area contributed by atoms with Gasteiger partial charge in [0.1, 0.15) is 12.4 Å². The van der Waals surface area contributed by atoms with Crippen molar-refractivity contribution in [2.24, 2.45) is 5.10 Å². The molecule has 1 aromatic heterocycles. The van der Waals surface area contributed by atoms with E-state index < -0.39 is 6.09 Å². The first kappa shape index (κ1) is 19.3. The number of amides is 1. The van der Waals surface area contributed by atoms with Gasteiger partial charge in [-0.15, -0.1) is 0 Å². The number of nitrogens with zero attached hydrogens (tertiary/aromatic N) is 1. The molecule has 0 unspecified atom stereocenters. The minimum atomic E-state index is -0.622. The largest absolute Gasteiger partial charge is 0.497 e. The summed E-state index contributed by atoms with van der Waals surface area (Å²) in [5, 5.41) is 5.12. The normalized spacial score (nSPS) is 11.0. The molecule has 6 nitrogen and oxygen atoms in total. The van der Waals surface area contributed by atoms with E-state index in [4.69, 9.17) is 9.47 Å². The number of hydrogen-bond donors (Lipinski definition) is 2. The van der Waals surface area contributed by atoms with Gasteiger partial charge >= 0.3 is 6.09 Å². The van der Waals surface area contributed by atoms with Gasteiger partial charge < -0.3 is 14.5 Å². The average Bonchev–Trinajstić information content (AvgIpc) is 3.17. The molecule has 6 heteroatoms. The van der Waals surface area contributed by atoms with Crippen molar-refractivity contribution in [3.05, 3.63) is 90.0 Å². The molecule has 0 aliphatic carbocycles. The van der Waals surface area contributed by atoms with Crippen LogP contribution in [0.4, 0.5) is 4.79 Å². The third kappa shape index (κ3) is 4.33. The third-order valence-corrected chi connectivity index (χ3v) is 4.69. The summed E-state index contributed by atoms with van der Waals surface area (Å²) in [4.78, 5) is 15.4. The summed E-state index contributed by atoms with van der Waals surface area (Å²) in [6.45, 7) is 0.147. The first-order chi connectivity index (χ1) is 14.7. The number of benzene rings is 3. The van der Waals surface area contributed by atoms with Gasteiger partial charge in [-0.2, -0.15) is 5.10 Å². The highest BCUT2D eigenvalue weighted by atomic mass is 16.6. The molecule has 0 aliphatic heterocycles. The van der Waals surface area contributed by atoms with Crippen molar-refractivity contribution in [1.29, 1.82) is 0 Å². The number of carbonyl (C=O) groups is 1. The Morgan fingerprint density at radius 1 is 1.00 bits per heavy atom. The zero-order valence-corrected chi connectivity index (χ0v) is 16.5. The Morgan fingerprint density at radius 2 is 1.73 bits per heavy atom. The van der Waals surface area contributed by atoms with Crippen LogP contribution >= 0.6 is 0 Å². The molecule has 0 saturated carbocycles. The van der Waals surface area contributed by atoms with Crippen LogP contribution in [0.2, 0.25) is 0 Å². The number of ether oxygens (including phenoxy) is 2. The van der Waals surface area contributed by atoms with Crippen LogP contribution in [0.25, 0.3) is 22.2 Å². The topological polar surface area (TPSA) is 75.7 Å². The maximum absolute atomic E-state index is 12.0. The molecule has 0 fully saturated rings. The lowest BCUT2D eigenvalue weighted by molar-refractivity contribution is 0.140. The van der Waals surface area contributed by atoms with E-state index in [9.17, 15) is 4.79 Å². The van der Waals surface area contributed by atoms with Crippen LogP contribution < -0.4 is 10.2 Å². The highest BCUT2D eigenvalue weighted by molar-refractivity contribution is 6.06. The molecule has 1 amide bonds. The number of nitrogens with one attached hydrogen (secondary N) is 2. The number of para-hydroxylation sites is 1. The van der Waals surface area contributed by atoms with Crippen LogP contribution in [-0.4, -0.2) is 24.4 Å². The Hall–Kier alpha value is -4.06. The Balaban J connectivity index is 1.46. The van der Waals surface area contributed by atoms with Gasteiger partial charge in [0.05, 0.1) is 19.0 Å². The van der Waals surface area contributed by atoms with Crippen LogP contribution in [0, 0.1) is 0 Å². The molecule has 0 atom stereocenters. The second kappa shape index (κ2) is 8.96. The van der Waals surface area contributed by atoms with Crippen LogP contribution in [0.3, 0.4) is 0 Å². The molecule has 2 N–H and O–H groups in total. The maximum Gasteiger partial charge on any atom is 0.428 e. The quantitative estimate of drug-likeness (QED) is 0.350. The number of carbonyl (C=O) groups excluding carboxylic acids is 1. The second-order valence-electron chi connectivity index (χ2n) is 6.62. The molecule has 0 radical (unpaired) electrons. The van der Waals surface area contributed by atoms with E-state index in [-0.39, 0.29) is 6.61 Å². The molecule has 3 aromatic carbocycles. The lowest BCUT2D eigenvalue weighted by Crippen LogP contribution is -2.18. The van der Waals surface area contributed by atoms with Gasteiger partial charge in [-0.05, 0) is 29.3 Å². The fourth-order valence-corrected chi connectivity index (χ4v) is 3.18. The number of H-pyrrole nitrogens is 1. The third-order valence-electron chi connectivity index (χ3n) is 4.69. The maximum atomic E-state index is 12.0. The molecule has 30 heavy (non-hydrogen) atoms. The molecular weight excluding hydrogens is 378 g/mol. The van der Waals surface area contributed by atoms with Crippen molar-refractivity contribution in [2.45, 2.75) is 6.61 Å². The number of fused-ring (bicyclic) bond motifs is 1. The molecule has 0 spiro atoms. The van der Waals surface area contributed by atoms with E-state index in [1.54, 1.807) is 13.3 Å². The Morgan fingerprint density at radius 3 is 2.50 bits per heavy atom. The van der Waals surface area contributed by atoms with Gasteiger partial charge in [-0.25, -0.2) is 10.2 Å². The van der Waals surface area contributed by atoms with Crippen molar-refractivity contribution in [2.75, 3.05) is 7.11 Å². The van der Waals surface area contributed by atoms with E-state index in [1.807, 2.05) is 78.9 Å². The number of hydrazone groups is 1. The van der Waals surface area contributed by atoms with Gasteiger partial charge in [0.25, 0.3) is 0 Å². The molecule has 0 aliphatic rings. The van der Waals surface area contributed by atoms with E-state index in [1.165, 1.54) is 0 Å². The summed E-state index contributed by atoms with van der Waals surface area (Å²) in [5.41, 5.74) is 7.16. The summed E-state index contributed by atoms with van der Waals surface area (Å²) >= 11 is 0. The van der Waals surface area contributed by atoms with Gasteiger partial charge in [0, 0.05) is 16.5 Å². The monoisotopic (exact) mass is 399 g/mol. The Bertz CT molecular complexity index is 1170. The van der Waals surface area contributed by atoms with Gasteiger partial charge in [0.15, 0.2) is 0 Å². The van der Waals surface area contributed by atoms with Gasteiger partial charge in [-0.3, -0.25) is 0 Å². The molecule has 150 valence electrons. The summed E-state index contributed by atoms with van der Waals surface area (Å²) in [6.07, 6.45) is 1.01. The van der Waals surface area contributed by atoms with Crippen molar-refractivity contribution in [3.63, 3.8) is 0 Å². The first-order valence-corrected chi connectivity index (χ1v) is 9.49. The highest BCUT2D eigenvalue weighted by Gasteiger charge is 2.11. The summed E-state index contributed by atoms with van der Waals surface area (Å²) < 4.78 is 10.3. The van der Waals surface area contributed by atoms with E-state index in [0.29, 0.717) is 0 Å². The smallest absolute Gasteiger partial charge is 0.428 e. The lowest BCUT2D eigenvalue weighted by Gasteiger charge is -2.05. The number of aromatic nitrogens is 1. The van der Waals surface area contributed by atoms with Crippen molar-refractivity contribution >= 4 is 23.2 Å². The number of hydrogen-bond acceptors (Lipinski definition) is 4. The SMILES string of the molecule is COc1ccc(COC(=O)N/N=C\c2c(-c3ccccc3)[nH]c3ccccc23)cc1. The number of aromatic amines is 1. The highest BCUT2D eigenvalue weighted by Crippen LogP contribution is 2.28. The van der Waals surface area contributed by atoms with Crippen molar-refractivity contribution < 1.29 is 14.3 Å². The summed E-state index contributed by atoms with van der Waals surface area (Å²) in [6, 6.07) is 25.3. The number of methoxy groups -OCH3 is 1. The zero-order chi connectivity index (χ0) is 20.8. The minimum absolute atomic E-state index is 0.147. The Kier molecular flexibility index (Phi) is 5.75.